The number of nitrogens with one attached hydrogen (secondary N) is 3. The van der Waals surface area contributed by atoms with Crippen LogP contribution in [0.5, 0.6) is 11.5 Å². The molecule has 0 bridgehead atoms. The fourth-order valence-electron chi connectivity index (χ4n) is 8.53. The van der Waals surface area contributed by atoms with Gasteiger partial charge in [0, 0.05) is 73.6 Å². The van der Waals surface area contributed by atoms with Gasteiger partial charge in [0.15, 0.2) is 0 Å². The number of benzene rings is 4. The summed E-state index contributed by atoms with van der Waals surface area (Å²) in [5.74, 6) is 3.24. The second-order valence-electron chi connectivity index (χ2n) is 21.9. The fraction of sp³-hybridized carbons (Fsp3) is 0.417. The summed E-state index contributed by atoms with van der Waals surface area (Å²) in [6.07, 6.45) is 4.46. The summed E-state index contributed by atoms with van der Waals surface area (Å²) < 4.78 is 16.9. The monoisotopic (exact) mass is 1100 g/mol. The standard InChI is InChI=1S/C32H41N5O4.C27H33N5O2.CH2Cl2/c1-22(23-11-9-8-10-12-23)34-29-33-17-15-27(35-29)36(28(38)25-13-14-26-24(21-25)16-20-40-26)18-19-37(31(2,3)4)30(39)41-32(5,6)7;1-19(20-8-6-5-7-9-20)30-26-28-14-12-24(31-26)32(16-15-29-27(2,3)4)25(33)22-10-11-23-21(18-22)13-17-34-23;2-1-3/h8-15,17,21-22H,16,18-20H2,1-7H3,(H,33,34,35);5-12,14,18-19,29H,13,15-17H2,1-4H3,(H,28,30,31);1H2/t22-;19-;/m00./s1. The highest BCUT2D eigenvalue weighted by Gasteiger charge is 2.33. The molecule has 4 aromatic carbocycles. The van der Waals surface area contributed by atoms with Crippen molar-refractivity contribution in [2.75, 3.05) is 65.2 Å². The molecule has 0 unspecified atom stereocenters. The van der Waals surface area contributed by atoms with E-state index in [1.165, 1.54) is 0 Å². The molecule has 78 heavy (non-hydrogen) atoms. The number of fused-ring (bicyclic) bond motifs is 2. The molecule has 4 heterocycles. The molecule has 18 heteroatoms. The van der Waals surface area contributed by atoms with Crippen LogP contribution in [0.15, 0.2) is 122 Å². The lowest BCUT2D eigenvalue weighted by molar-refractivity contribution is 0.00698. The first-order chi connectivity index (χ1) is 37.0. The average molecular weight is 1100 g/mol. The Balaban J connectivity index is 0.000000244. The zero-order valence-corrected chi connectivity index (χ0v) is 48.4. The van der Waals surface area contributed by atoms with Crippen LogP contribution in [0.4, 0.5) is 28.3 Å². The Kier molecular flexibility index (Phi) is 21.3. The largest absolute Gasteiger partial charge is 0.493 e. The summed E-state index contributed by atoms with van der Waals surface area (Å²) in [6, 6.07) is 34.8. The number of carbonyl (C=O) groups is 3. The zero-order chi connectivity index (χ0) is 56.6. The van der Waals surface area contributed by atoms with E-state index in [-0.39, 0.29) is 47.9 Å². The maximum Gasteiger partial charge on any atom is 0.410 e. The molecule has 0 saturated heterocycles. The summed E-state index contributed by atoms with van der Waals surface area (Å²) in [5.41, 5.74) is 4.22. The smallest absolute Gasteiger partial charge is 0.410 e. The lowest BCUT2D eigenvalue weighted by atomic mass is 10.1. The number of rotatable bonds is 16. The number of aromatic nitrogens is 4. The van der Waals surface area contributed by atoms with E-state index in [2.05, 4.69) is 65.7 Å². The van der Waals surface area contributed by atoms with Crippen LogP contribution < -0.4 is 35.2 Å². The van der Waals surface area contributed by atoms with Gasteiger partial charge in [0.05, 0.1) is 30.6 Å². The summed E-state index contributed by atoms with van der Waals surface area (Å²) >= 11 is 9.53. The Morgan fingerprint density at radius 1 is 0.615 bits per heavy atom. The van der Waals surface area contributed by atoms with Gasteiger partial charge in [0.25, 0.3) is 11.8 Å². The van der Waals surface area contributed by atoms with Crippen LogP contribution in [0.3, 0.4) is 0 Å². The van der Waals surface area contributed by atoms with Crippen molar-refractivity contribution in [1.82, 2.24) is 30.2 Å². The molecule has 2 atom stereocenters. The summed E-state index contributed by atoms with van der Waals surface area (Å²) in [7, 11) is 0. The van der Waals surface area contributed by atoms with Gasteiger partial charge in [-0.25, -0.2) is 14.8 Å². The maximum absolute atomic E-state index is 14.0. The average Bonchev–Trinajstić information content (AvgIpc) is 4.10. The predicted octanol–water partition coefficient (Wildman–Crippen LogP) is 12.3. The van der Waals surface area contributed by atoms with Crippen LogP contribution in [0.25, 0.3) is 0 Å². The topological polar surface area (TPSA) is 176 Å². The molecular formula is C60H76Cl2N10O6. The highest BCUT2D eigenvalue weighted by atomic mass is 35.5. The van der Waals surface area contributed by atoms with Gasteiger partial charge in [-0.1, -0.05) is 60.7 Å². The lowest BCUT2D eigenvalue weighted by Gasteiger charge is -2.38. The summed E-state index contributed by atoms with van der Waals surface area (Å²) in [5, 5.41) is 10.4. The highest BCUT2D eigenvalue weighted by molar-refractivity contribution is 6.40. The molecule has 16 nitrogen and oxygen atoms in total. The minimum absolute atomic E-state index is 0.0277. The summed E-state index contributed by atoms with van der Waals surface area (Å²) in [6.45, 7) is 24.6. The van der Waals surface area contributed by atoms with E-state index < -0.39 is 17.2 Å². The first-order valence-electron chi connectivity index (χ1n) is 26.4. The van der Waals surface area contributed by atoms with E-state index in [0.29, 0.717) is 61.0 Å². The van der Waals surface area contributed by atoms with Gasteiger partial charge < -0.3 is 35.1 Å². The van der Waals surface area contributed by atoms with Crippen LogP contribution in [-0.2, 0) is 17.6 Å². The minimum atomic E-state index is -0.648. The molecule has 0 spiro atoms. The number of nitrogens with zero attached hydrogens (tertiary/aromatic N) is 7. The second-order valence-corrected chi connectivity index (χ2v) is 22.7. The molecule has 8 rings (SSSR count). The molecule has 6 aromatic rings. The van der Waals surface area contributed by atoms with E-state index >= 15 is 0 Å². The normalized spacial score (nSPS) is 13.3. The van der Waals surface area contributed by atoms with Crippen LogP contribution in [0.2, 0.25) is 0 Å². The Morgan fingerprint density at radius 3 is 1.46 bits per heavy atom. The van der Waals surface area contributed by atoms with Gasteiger partial charge >= 0.3 is 6.09 Å². The van der Waals surface area contributed by atoms with Crippen molar-refractivity contribution < 1.29 is 28.6 Å². The van der Waals surface area contributed by atoms with Crippen LogP contribution >= 0.6 is 23.2 Å². The number of hydrogen-bond donors (Lipinski definition) is 3. The zero-order valence-electron chi connectivity index (χ0n) is 46.9. The molecule has 0 aliphatic carbocycles. The molecular weight excluding hydrogens is 1030 g/mol. The number of alkyl halides is 2. The Morgan fingerprint density at radius 2 is 1.05 bits per heavy atom. The van der Waals surface area contributed by atoms with Crippen molar-refractivity contribution in [3.05, 3.63) is 155 Å². The SMILES string of the molecule is C[C@H](Nc1nccc(N(CCN(C(=O)OC(C)(C)C)C(C)(C)C)C(=O)c2ccc3c(c2)CCO3)n1)c1ccccc1.C[C@H](Nc1nccc(N(CCNC(C)(C)C)C(=O)c2ccc3c(c2)CCO3)n1)c1ccccc1.ClCCl. The number of ether oxygens (including phenoxy) is 3. The number of amides is 3. The molecule has 3 N–H and O–H groups in total. The maximum atomic E-state index is 14.0. The van der Waals surface area contributed by atoms with Gasteiger partial charge in [-0.2, -0.15) is 9.97 Å². The molecule has 0 fully saturated rings. The van der Waals surface area contributed by atoms with Gasteiger partial charge in [-0.15, -0.1) is 23.2 Å². The second kappa shape index (κ2) is 27.5. The molecule has 3 amide bonds. The quantitative estimate of drug-likeness (QED) is 0.0781. The van der Waals surface area contributed by atoms with Gasteiger partial charge in [0.1, 0.15) is 28.7 Å². The van der Waals surface area contributed by atoms with Gasteiger partial charge in [-0.05, 0) is 147 Å². The van der Waals surface area contributed by atoms with Crippen molar-refractivity contribution >= 4 is 64.6 Å². The third kappa shape index (κ3) is 17.8. The molecule has 2 aliphatic heterocycles. The number of hydrogen-bond acceptors (Lipinski definition) is 13. The van der Waals surface area contributed by atoms with Crippen molar-refractivity contribution in [3.63, 3.8) is 0 Å². The van der Waals surface area contributed by atoms with Gasteiger partial charge in [0.2, 0.25) is 11.9 Å². The van der Waals surface area contributed by atoms with Crippen molar-refractivity contribution in [2.24, 2.45) is 0 Å². The fourth-order valence-corrected chi connectivity index (χ4v) is 8.53. The highest BCUT2D eigenvalue weighted by Crippen LogP contribution is 2.30. The number of halogens is 2. The number of anilines is 4. The number of carbonyl (C=O) groups excluding carboxylic acids is 3. The molecule has 416 valence electrons. The first kappa shape index (κ1) is 60.2. The van der Waals surface area contributed by atoms with Crippen LogP contribution in [-0.4, -0.2) is 104 Å². The molecule has 0 radical (unpaired) electrons. The minimum Gasteiger partial charge on any atom is -0.493 e. The lowest BCUT2D eigenvalue weighted by Crippen LogP contribution is -2.51. The Labute approximate surface area is 470 Å². The predicted molar refractivity (Wildman–Crippen MR) is 313 cm³/mol. The van der Waals surface area contributed by atoms with E-state index in [4.69, 9.17) is 47.4 Å². The van der Waals surface area contributed by atoms with Crippen LogP contribution in [0, 0.1) is 0 Å². The third-order valence-corrected chi connectivity index (χ3v) is 12.4. The first-order valence-corrected chi connectivity index (χ1v) is 27.4. The van der Waals surface area contributed by atoms with Gasteiger partial charge in [-0.3, -0.25) is 19.4 Å². The van der Waals surface area contributed by atoms with Crippen molar-refractivity contribution in [1.29, 1.82) is 0 Å². The van der Waals surface area contributed by atoms with E-state index in [1.807, 2.05) is 127 Å². The van der Waals surface area contributed by atoms with E-state index in [0.717, 1.165) is 46.6 Å². The van der Waals surface area contributed by atoms with Crippen molar-refractivity contribution in [3.8, 4) is 11.5 Å². The van der Waals surface area contributed by atoms with Crippen molar-refractivity contribution in [2.45, 2.75) is 118 Å². The third-order valence-electron chi connectivity index (χ3n) is 12.4. The van der Waals surface area contributed by atoms with E-state index in [9.17, 15) is 14.4 Å². The Bertz CT molecular complexity index is 2910. The molecule has 2 aliphatic rings. The van der Waals surface area contributed by atoms with E-state index in [1.54, 1.807) is 45.3 Å². The Hall–Kier alpha value is -7.01. The molecule has 2 aromatic heterocycles. The summed E-state index contributed by atoms with van der Waals surface area (Å²) in [4.78, 5) is 64.0. The van der Waals surface area contributed by atoms with Crippen LogP contribution in [0.1, 0.15) is 131 Å². The molecule has 0 saturated carbocycles.